The van der Waals surface area contributed by atoms with Crippen LogP contribution in [0, 0.1) is 17.2 Å². The fourth-order valence-electron chi connectivity index (χ4n) is 4.12. The molecule has 0 aromatic heterocycles. The van der Waals surface area contributed by atoms with Gasteiger partial charge in [-0.2, -0.15) is 5.26 Å². The average molecular weight is 442 g/mol. The van der Waals surface area contributed by atoms with Crippen molar-refractivity contribution in [2.24, 2.45) is 5.92 Å². The van der Waals surface area contributed by atoms with E-state index >= 15 is 0 Å². The number of anilines is 1. The van der Waals surface area contributed by atoms with Gasteiger partial charge in [-0.25, -0.2) is 0 Å². The van der Waals surface area contributed by atoms with Crippen LogP contribution in [0.3, 0.4) is 0 Å². The Morgan fingerprint density at radius 3 is 2.77 bits per heavy atom. The van der Waals surface area contributed by atoms with Crippen molar-refractivity contribution in [3.63, 3.8) is 0 Å². The Bertz CT molecular complexity index is 1030. The second-order valence-corrected chi connectivity index (χ2v) is 8.10. The molecule has 0 aliphatic carbocycles. The molecule has 0 fully saturated rings. The number of carboxylic acids is 2. The molecule has 8 heteroatoms. The molecule has 7 nitrogen and oxygen atoms in total. The van der Waals surface area contributed by atoms with E-state index < -0.39 is 30.2 Å². The van der Waals surface area contributed by atoms with Crippen molar-refractivity contribution in [3.05, 3.63) is 63.7 Å². The van der Waals surface area contributed by atoms with E-state index in [1.54, 1.807) is 18.2 Å². The molecule has 3 unspecified atom stereocenters. The monoisotopic (exact) mass is 441 g/mol. The van der Waals surface area contributed by atoms with Crippen molar-refractivity contribution < 1.29 is 19.8 Å². The van der Waals surface area contributed by atoms with Gasteiger partial charge in [0.1, 0.15) is 0 Å². The fourth-order valence-corrected chi connectivity index (χ4v) is 4.35. The Kier molecular flexibility index (Phi) is 7.16. The number of hydrogen-bond donors (Lipinski definition) is 4. The first-order valence-corrected chi connectivity index (χ1v) is 10.4. The minimum atomic E-state index is -1.14. The first-order chi connectivity index (χ1) is 14.8. The van der Waals surface area contributed by atoms with Gasteiger partial charge in [-0.05, 0) is 54.8 Å². The number of carbonyl (C=O) groups is 2. The first-order valence-electron chi connectivity index (χ1n) is 10.0. The summed E-state index contributed by atoms with van der Waals surface area (Å²) in [5, 5.41) is 35.3. The van der Waals surface area contributed by atoms with Gasteiger partial charge in [0, 0.05) is 18.5 Å². The van der Waals surface area contributed by atoms with Crippen LogP contribution in [0.4, 0.5) is 5.69 Å². The summed E-state index contributed by atoms with van der Waals surface area (Å²) in [7, 11) is 0. The summed E-state index contributed by atoms with van der Waals surface area (Å²) >= 11 is 6.53. The first kappa shape index (κ1) is 22.6. The second-order valence-electron chi connectivity index (χ2n) is 7.70. The molecule has 0 saturated heterocycles. The van der Waals surface area contributed by atoms with Crippen molar-refractivity contribution in [2.75, 3.05) is 18.4 Å². The molecule has 0 spiro atoms. The van der Waals surface area contributed by atoms with Gasteiger partial charge in [0.2, 0.25) is 0 Å². The lowest BCUT2D eigenvalue weighted by molar-refractivity contribution is -0.149. The summed E-state index contributed by atoms with van der Waals surface area (Å²) in [6, 6.07) is 12.8. The molecule has 2 aromatic rings. The van der Waals surface area contributed by atoms with E-state index in [-0.39, 0.29) is 6.04 Å². The van der Waals surface area contributed by atoms with E-state index in [1.807, 2.05) is 25.1 Å². The molecule has 1 aliphatic heterocycles. The van der Waals surface area contributed by atoms with Gasteiger partial charge in [0.15, 0.2) is 0 Å². The predicted molar refractivity (Wildman–Crippen MR) is 117 cm³/mol. The fraction of sp³-hybridized carbons (Fsp3) is 0.348. The maximum atomic E-state index is 11.9. The highest BCUT2D eigenvalue weighted by molar-refractivity contribution is 6.33. The van der Waals surface area contributed by atoms with Crippen LogP contribution in [0.5, 0.6) is 0 Å². The van der Waals surface area contributed by atoms with Crippen LogP contribution in [0.25, 0.3) is 0 Å². The maximum absolute atomic E-state index is 11.9. The van der Waals surface area contributed by atoms with Crippen molar-refractivity contribution in [1.29, 1.82) is 5.26 Å². The minimum Gasteiger partial charge on any atom is -0.481 e. The third-order valence-electron chi connectivity index (χ3n) is 5.69. The SMILES string of the molecule is CC(Nc1c(Cl)ccc2c1CCNCC2C(CC(=O)O)C(=O)O)c1cccc(C#N)c1. The van der Waals surface area contributed by atoms with E-state index in [0.29, 0.717) is 35.8 Å². The van der Waals surface area contributed by atoms with Gasteiger partial charge in [0.05, 0.1) is 34.7 Å². The molecule has 1 aliphatic rings. The van der Waals surface area contributed by atoms with Crippen molar-refractivity contribution >= 4 is 29.2 Å². The third kappa shape index (κ3) is 5.16. The number of carboxylic acid groups (broad SMARTS) is 2. The van der Waals surface area contributed by atoms with Crippen LogP contribution >= 0.6 is 11.6 Å². The van der Waals surface area contributed by atoms with Crippen LogP contribution in [-0.4, -0.2) is 35.2 Å². The van der Waals surface area contributed by atoms with Gasteiger partial charge >= 0.3 is 11.9 Å². The lowest BCUT2D eigenvalue weighted by Crippen LogP contribution is -2.31. The number of rotatable bonds is 7. The number of nitrogens with zero attached hydrogens (tertiary/aromatic N) is 1. The largest absolute Gasteiger partial charge is 0.481 e. The third-order valence-corrected chi connectivity index (χ3v) is 6.00. The zero-order valence-electron chi connectivity index (χ0n) is 17.1. The zero-order chi connectivity index (χ0) is 22.5. The molecule has 2 aromatic carbocycles. The summed E-state index contributed by atoms with van der Waals surface area (Å²) in [5.74, 6) is -3.83. The van der Waals surface area contributed by atoms with Crippen LogP contribution in [0.1, 0.15) is 47.6 Å². The number of fused-ring (bicyclic) bond motifs is 1. The van der Waals surface area contributed by atoms with Crippen LogP contribution < -0.4 is 10.6 Å². The number of hydrogen-bond acceptors (Lipinski definition) is 5. The summed E-state index contributed by atoms with van der Waals surface area (Å²) in [4.78, 5) is 23.2. The topological polar surface area (TPSA) is 122 Å². The molecule has 3 rings (SSSR count). The number of halogens is 1. The van der Waals surface area contributed by atoms with Gasteiger partial charge in [0.25, 0.3) is 0 Å². The Balaban J connectivity index is 2.01. The van der Waals surface area contributed by atoms with E-state index in [4.69, 9.17) is 16.9 Å². The van der Waals surface area contributed by atoms with Crippen LogP contribution in [-0.2, 0) is 16.0 Å². The minimum absolute atomic E-state index is 0.152. The van der Waals surface area contributed by atoms with E-state index in [9.17, 15) is 19.8 Å². The highest BCUT2D eigenvalue weighted by Gasteiger charge is 2.34. The summed E-state index contributed by atoms with van der Waals surface area (Å²) < 4.78 is 0. The molecule has 3 atom stereocenters. The standard InChI is InChI=1S/C23H24ClN3O4/c1-13(15-4-2-3-14(9-15)11-25)27-22-17-7-8-26-12-19(16(17)5-6-20(22)24)18(23(30)31)10-21(28)29/h2-6,9,13,18-19,26-27H,7-8,10,12H2,1H3,(H,28,29)(H,30,31). The van der Waals surface area contributed by atoms with Gasteiger partial charge in [-0.1, -0.05) is 29.8 Å². The smallest absolute Gasteiger partial charge is 0.307 e. The molecular weight excluding hydrogens is 418 g/mol. The van der Waals surface area contributed by atoms with E-state index in [0.717, 1.165) is 16.7 Å². The maximum Gasteiger partial charge on any atom is 0.307 e. The normalized spacial score (nSPS) is 17.5. The summed E-state index contributed by atoms with van der Waals surface area (Å²) in [6.07, 6.45) is 0.170. The molecular formula is C23H24ClN3O4. The molecule has 4 N–H and O–H groups in total. The molecule has 1 heterocycles. The van der Waals surface area contributed by atoms with Gasteiger partial charge in [-0.15, -0.1) is 0 Å². The molecule has 0 amide bonds. The highest BCUT2D eigenvalue weighted by Crippen LogP contribution is 2.39. The van der Waals surface area contributed by atoms with Crippen molar-refractivity contribution in [1.82, 2.24) is 5.32 Å². The van der Waals surface area contributed by atoms with Gasteiger partial charge in [-0.3, -0.25) is 9.59 Å². The van der Waals surface area contributed by atoms with E-state index in [2.05, 4.69) is 16.7 Å². The average Bonchev–Trinajstić information content (AvgIpc) is 2.96. The van der Waals surface area contributed by atoms with Crippen molar-refractivity contribution in [3.8, 4) is 6.07 Å². The molecule has 0 saturated carbocycles. The predicted octanol–water partition coefficient (Wildman–Crippen LogP) is 3.79. The number of nitriles is 1. The zero-order valence-corrected chi connectivity index (χ0v) is 17.8. The van der Waals surface area contributed by atoms with Gasteiger partial charge < -0.3 is 20.8 Å². The van der Waals surface area contributed by atoms with Crippen molar-refractivity contribution in [2.45, 2.75) is 31.7 Å². The van der Waals surface area contributed by atoms with Crippen LogP contribution in [0.2, 0.25) is 5.02 Å². The quantitative estimate of drug-likeness (QED) is 0.515. The molecule has 31 heavy (non-hydrogen) atoms. The second kappa shape index (κ2) is 9.82. The number of aliphatic carboxylic acids is 2. The Morgan fingerprint density at radius 2 is 2.10 bits per heavy atom. The number of nitrogens with one attached hydrogen (secondary N) is 2. The Labute approximate surface area is 185 Å². The molecule has 0 bridgehead atoms. The molecule has 162 valence electrons. The lowest BCUT2D eigenvalue weighted by Gasteiger charge is -2.26. The number of benzene rings is 2. The Hall–Kier alpha value is -3.08. The summed E-state index contributed by atoms with van der Waals surface area (Å²) in [5.41, 5.74) is 3.88. The Morgan fingerprint density at radius 1 is 1.32 bits per heavy atom. The van der Waals surface area contributed by atoms with Crippen LogP contribution in [0.15, 0.2) is 36.4 Å². The highest BCUT2D eigenvalue weighted by atomic mass is 35.5. The van der Waals surface area contributed by atoms with E-state index in [1.165, 1.54) is 0 Å². The molecule has 0 radical (unpaired) electrons. The summed E-state index contributed by atoms with van der Waals surface area (Å²) in [6.45, 7) is 2.96. The lowest BCUT2D eigenvalue weighted by atomic mass is 9.81.